The fourth-order valence-electron chi connectivity index (χ4n) is 3.28. The molecule has 4 rings (SSSR count). The van der Waals surface area contributed by atoms with Crippen LogP contribution in [0.3, 0.4) is 0 Å². The third kappa shape index (κ3) is 4.95. The van der Waals surface area contributed by atoms with Crippen molar-refractivity contribution in [1.82, 2.24) is 0 Å². The number of hydrogen-bond donors (Lipinski definition) is 1. The van der Waals surface area contributed by atoms with E-state index in [0.717, 1.165) is 40.6 Å². The van der Waals surface area contributed by atoms with E-state index in [4.69, 9.17) is 4.74 Å². The van der Waals surface area contributed by atoms with E-state index >= 15 is 0 Å². The van der Waals surface area contributed by atoms with Crippen LogP contribution in [0.15, 0.2) is 82.6 Å². The van der Waals surface area contributed by atoms with Crippen molar-refractivity contribution in [2.45, 2.75) is 36.0 Å². The maximum Gasteiger partial charge on any atom is 0.185 e. The van der Waals surface area contributed by atoms with Crippen LogP contribution in [0, 0.1) is 0 Å². The van der Waals surface area contributed by atoms with E-state index in [2.05, 4.69) is 24.4 Å². The second-order valence-electron chi connectivity index (χ2n) is 7.26. The zero-order valence-electron chi connectivity index (χ0n) is 17.1. The predicted octanol–water partition coefficient (Wildman–Crippen LogP) is 7.36. The molecule has 1 heterocycles. The Kier molecular flexibility index (Phi) is 6.55. The summed E-state index contributed by atoms with van der Waals surface area (Å²) < 4.78 is 5.74. The average molecular weight is 416 g/mol. The Labute approximate surface area is 182 Å². The van der Waals surface area contributed by atoms with E-state index in [0.29, 0.717) is 5.56 Å². The van der Waals surface area contributed by atoms with Gasteiger partial charge in [-0.05, 0) is 60.5 Å². The van der Waals surface area contributed by atoms with Crippen molar-refractivity contribution in [3.8, 4) is 5.75 Å². The molecule has 0 aromatic heterocycles. The van der Waals surface area contributed by atoms with E-state index in [-0.39, 0.29) is 5.78 Å². The van der Waals surface area contributed by atoms with E-state index in [1.54, 1.807) is 17.8 Å². The topological polar surface area (TPSA) is 38.3 Å². The van der Waals surface area contributed by atoms with Crippen LogP contribution in [0.25, 0.3) is 6.08 Å². The molecule has 0 radical (unpaired) electrons. The van der Waals surface area contributed by atoms with Gasteiger partial charge >= 0.3 is 0 Å². The first kappa shape index (κ1) is 20.3. The molecule has 1 N–H and O–H groups in total. The fraction of sp³-hybridized carbons (Fsp3) is 0.192. The van der Waals surface area contributed by atoms with Gasteiger partial charge in [-0.2, -0.15) is 0 Å². The highest BCUT2D eigenvalue weighted by Gasteiger charge is 2.16. The van der Waals surface area contributed by atoms with Gasteiger partial charge in [0.2, 0.25) is 0 Å². The molecular formula is C26H25NO2S. The minimum atomic E-state index is -0.0108. The first-order valence-electron chi connectivity index (χ1n) is 10.4. The highest BCUT2D eigenvalue weighted by molar-refractivity contribution is 7.99. The minimum absolute atomic E-state index is 0.0108. The highest BCUT2D eigenvalue weighted by atomic mass is 32.2. The Bertz CT molecular complexity index is 1060. The summed E-state index contributed by atoms with van der Waals surface area (Å²) in [6.45, 7) is 2.93. The number of carbonyl (C=O) groups excluding carboxylic acids is 1. The Hall–Kier alpha value is -2.98. The monoisotopic (exact) mass is 415 g/mol. The van der Waals surface area contributed by atoms with Crippen molar-refractivity contribution in [3.63, 3.8) is 0 Å². The number of carbonyl (C=O) groups is 1. The maximum absolute atomic E-state index is 12.7. The van der Waals surface area contributed by atoms with Crippen molar-refractivity contribution in [2.75, 3.05) is 11.9 Å². The molecule has 1 aliphatic heterocycles. The highest BCUT2D eigenvalue weighted by Crippen LogP contribution is 2.44. The Morgan fingerprint density at radius 2 is 1.77 bits per heavy atom. The SMILES string of the molecule is CCCCCOc1ccc(/C=C/C(=O)c2ccc3c(c2)Nc2ccccc2S3)cc1. The summed E-state index contributed by atoms with van der Waals surface area (Å²) in [6, 6.07) is 21.9. The average Bonchev–Trinajstić information content (AvgIpc) is 2.79. The summed E-state index contributed by atoms with van der Waals surface area (Å²) in [7, 11) is 0. The molecule has 0 atom stereocenters. The Morgan fingerprint density at radius 3 is 2.60 bits per heavy atom. The first-order valence-corrected chi connectivity index (χ1v) is 11.2. The number of fused-ring (bicyclic) bond motifs is 2. The minimum Gasteiger partial charge on any atom is -0.494 e. The summed E-state index contributed by atoms with van der Waals surface area (Å²) in [5, 5.41) is 3.43. The van der Waals surface area contributed by atoms with Crippen LogP contribution in [0.2, 0.25) is 0 Å². The van der Waals surface area contributed by atoms with Gasteiger partial charge in [0.1, 0.15) is 5.75 Å². The molecule has 3 aromatic rings. The lowest BCUT2D eigenvalue weighted by atomic mass is 10.1. The second-order valence-corrected chi connectivity index (χ2v) is 8.34. The second kappa shape index (κ2) is 9.68. The van der Waals surface area contributed by atoms with E-state index in [1.807, 2.05) is 60.7 Å². The summed E-state index contributed by atoms with van der Waals surface area (Å²) in [4.78, 5) is 15.0. The van der Waals surface area contributed by atoms with Crippen LogP contribution >= 0.6 is 11.8 Å². The van der Waals surface area contributed by atoms with Gasteiger partial charge in [0.25, 0.3) is 0 Å². The molecule has 152 valence electrons. The summed E-state index contributed by atoms with van der Waals surface area (Å²) in [6.07, 6.45) is 6.93. The Morgan fingerprint density at radius 1 is 0.967 bits per heavy atom. The number of nitrogens with one attached hydrogen (secondary N) is 1. The molecule has 0 bridgehead atoms. The molecule has 0 amide bonds. The lowest BCUT2D eigenvalue weighted by Gasteiger charge is -2.20. The Balaban J connectivity index is 1.39. The van der Waals surface area contributed by atoms with Gasteiger partial charge in [-0.25, -0.2) is 0 Å². The quantitative estimate of drug-likeness (QED) is 0.185. The molecule has 0 fully saturated rings. The van der Waals surface area contributed by atoms with Crippen LogP contribution in [-0.2, 0) is 0 Å². The van der Waals surface area contributed by atoms with Crippen LogP contribution in [-0.4, -0.2) is 12.4 Å². The van der Waals surface area contributed by atoms with Crippen molar-refractivity contribution in [3.05, 3.63) is 83.9 Å². The van der Waals surface area contributed by atoms with Gasteiger partial charge in [-0.3, -0.25) is 4.79 Å². The molecular weight excluding hydrogens is 390 g/mol. The molecule has 0 saturated heterocycles. The zero-order chi connectivity index (χ0) is 20.8. The van der Waals surface area contributed by atoms with Gasteiger partial charge in [-0.15, -0.1) is 0 Å². The third-order valence-corrected chi connectivity index (χ3v) is 6.12. The molecule has 0 unspecified atom stereocenters. The number of allylic oxidation sites excluding steroid dienone is 1. The first-order chi connectivity index (χ1) is 14.7. The standard InChI is InChI=1S/C26H25NO2S/c1-2-3-6-17-29-21-13-9-19(10-14-21)11-15-24(28)20-12-16-26-23(18-20)27-22-7-4-5-8-25(22)30-26/h4-5,7-16,18,27H,2-3,6,17H2,1H3/b15-11+. The van der Waals surface area contributed by atoms with Crippen molar-refractivity contribution in [1.29, 1.82) is 0 Å². The van der Waals surface area contributed by atoms with E-state index in [1.165, 1.54) is 17.7 Å². The van der Waals surface area contributed by atoms with Crippen LogP contribution < -0.4 is 10.1 Å². The molecule has 3 nitrogen and oxygen atoms in total. The maximum atomic E-state index is 12.7. The summed E-state index contributed by atoms with van der Waals surface area (Å²) in [5.74, 6) is 0.858. The number of rotatable bonds is 8. The number of unbranched alkanes of at least 4 members (excludes halogenated alkanes) is 2. The van der Waals surface area contributed by atoms with Crippen molar-refractivity contribution in [2.24, 2.45) is 0 Å². The predicted molar refractivity (Wildman–Crippen MR) is 125 cm³/mol. The molecule has 30 heavy (non-hydrogen) atoms. The van der Waals surface area contributed by atoms with Crippen LogP contribution in [0.1, 0.15) is 42.1 Å². The van der Waals surface area contributed by atoms with Crippen LogP contribution in [0.4, 0.5) is 11.4 Å². The summed E-state index contributed by atoms with van der Waals surface area (Å²) >= 11 is 1.72. The number of benzene rings is 3. The van der Waals surface area contributed by atoms with Gasteiger partial charge in [0.05, 0.1) is 18.0 Å². The third-order valence-electron chi connectivity index (χ3n) is 4.96. The largest absolute Gasteiger partial charge is 0.494 e. The van der Waals surface area contributed by atoms with Gasteiger partial charge in [0.15, 0.2) is 5.78 Å². The van der Waals surface area contributed by atoms with Crippen molar-refractivity contribution < 1.29 is 9.53 Å². The fourth-order valence-corrected chi connectivity index (χ4v) is 4.25. The molecule has 3 aromatic carbocycles. The van der Waals surface area contributed by atoms with Crippen molar-refractivity contribution >= 4 is 35.0 Å². The van der Waals surface area contributed by atoms with E-state index < -0.39 is 0 Å². The smallest absolute Gasteiger partial charge is 0.185 e. The number of hydrogen-bond acceptors (Lipinski definition) is 4. The normalized spacial score (nSPS) is 12.2. The number of ether oxygens (including phenoxy) is 1. The molecule has 0 aliphatic carbocycles. The van der Waals surface area contributed by atoms with Gasteiger partial charge in [0, 0.05) is 15.4 Å². The number of para-hydroxylation sites is 1. The lowest BCUT2D eigenvalue weighted by molar-refractivity contribution is 0.104. The molecule has 0 saturated carbocycles. The summed E-state index contributed by atoms with van der Waals surface area (Å²) in [5.41, 5.74) is 3.70. The van der Waals surface area contributed by atoms with Crippen LogP contribution in [0.5, 0.6) is 5.75 Å². The lowest BCUT2D eigenvalue weighted by Crippen LogP contribution is -2.02. The van der Waals surface area contributed by atoms with Gasteiger partial charge < -0.3 is 10.1 Å². The zero-order valence-corrected chi connectivity index (χ0v) is 17.9. The number of ketones is 1. The molecule has 0 spiro atoms. The molecule has 1 aliphatic rings. The van der Waals surface area contributed by atoms with E-state index in [9.17, 15) is 4.79 Å². The molecule has 4 heteroatoms. The van der Waals surface area contributed by atoms with Gasteiger partial charge in [-0.1, -0.05) is 61.9 Å². The number of anilines is 2.